The van der Waals surface area contributed by atoms with Crippen molar-refractivity contribution in [3.05, 3.63) is 27.5 Å². The molecule has 0 atom stereocenters. The summed E-state index contributed by atoms with van der Waals surface area (Å²) < 4.78 is 0. The fourth-order valence-electron chi connectivity index (χ4n) is 1.20. The minimum Gasteiger partial charge on any atom is -0.141 e. The molecule has 0 radical (unpaired) electrons. The average Bonchev–Trinajstić information content (AvgIpc) is 2.61. The lowest BCUT2D eigenvalue weighted by Gasteiger charge is -2.06. The molecule has 0 saturated heterocycles. The third-order valence-electron chi connectivity index (χ3n) is 2.25. The lowest BCUT2D eigenvalue weighted by Crippen LogP contribution is -1.94. The maximum atomic E-state index is 5.89. The van der Waals surface area contributed by atoms with E-state index < -0.39 is 0 Å². The van der Waals surface area contributed by atoms with Crippen molar-refractivity contribution in [2.24, 2.45) is 5.92 Å². The van der Waals surface area contributed by atoms with Gasteiger partial charge in [0.05, 0.1) is 0 Å². The van der Waals surface area contributed by atoms with E-state index >= 15 is 0 Å². The van der Waals surface area contributed by atoms with Crippen molar-refractivity contribution < 1.29 is 0 Å². The van der Waals surface area contributed by atoms with Crippen molar-refractivity contribution in [1.82, 2.24) is 0 Å². The summed E-state index contributed by atoms with van der Waals surface area (Å²) >= 11 is 7.75. The van der Waals surface area contributed by atoms with E-state index in [0.29, 0.717) is 11.8 Å². The molecule has 0 fully saturated rings. The number of rotatable bonds is 4. The van der Waals surface area contributed by atoms with Crippen LogP contribution in [0.15, 0.2) is 17.7 Å². The lowest BCUT2D eigenvalue weighted by atomic mass is 10.0. The monoisotopic (exact) mass is 228 g/mol. The zero-order valence-corrected chi connectivity index (χ0v) is 10.6. The summed E-state index contributed by atoms with van der Waals surface area (Å²) in [6.45, 7) is 6.55. The van der Waals surface area contributed by atoms with E-state index in [1.165, 1.54) is 15.3 Å². The molecule has 1 aromatic heterocycles. The van der Waals surface area contributed by atoms with E-state index in [2.05, 4.69) is 39.0 Å². The van der Waals surface area contributed by atoms with Gasteiger partial charge in [0.15, 0.2) is 0 Å². The Kier molecular flexibility index (Phi) is 4.70. The van der Waals surface area contributed by atoms with E-state index in [9.17, 15) is 0 Å². The van der Waals surface area contributed by atoms with E-state index in [4.69, 9.17) is 11.6 Å². The van der Waals surface area contributed by atoms with E-state index in [1.807, 2.05) is 11.3 Å². The maximum Gasteiger partial charge on any atom is 0.0439 e. The minimum atomic E-state index is 0.541. The highest BCUT2D eigenvalue weighted by Gasteiger charge is 2.03. The summed E-state index contributed by atoms with van der Waals surface area (Å²) in [6.07, 6.45) is 3.35. The van der Waals surface area contributed by atoms with Crippen molar-refractivity contribution in [3.63, 3.8) is 0 Å². The van der Waals surface area contributed by atoms with Gasteiger partial charge in [0.2, 0.25) is 0 Å². The first-order valence-electron chi connectivity index (χ1n) is 5.02. The summed E-state index contributed by atoms with van der Waals surface area (Å²) in [6, 6.07) is 4.38. The molecule has 0 bridgehead atoms. The Bertz CT molecular complexity index is 310. The Hall–Kier alpha value is -0.270. The molecule has 2 heteroatoms. The van der Waals surface area contributed by atoms with Gasteiger partial charge in [0, 0.05) is 15.6 Å². The van der Waals surface area contributed by atoms with Crippen molar-refractivity contribution >= 4 is 29.0 Å². The van der Waals surface area contributed by atoms with Crippen LogP contribution in [0.1, 0.15) is 30.5 Å². The van der Waals surface area contributed by atoms with Gasteiger partial charge in [0.25, 0.3) is 0 Å². The first-order valence-corrected chi connectivity index (χ1v) is 6.37. The number of halogens is 1. The maximum absolute atomic E-state index is 5.89. The Morgan fingerprint density at radius 1 is 1.50 bits per heavy atom. The molecule has 0 aliphatic rings. The zero-order chi connectivity index (χ0) is 10.6. The fourth-order valence-corrected chi connectivity index (χ4v) is 2.52. The highest BCUT2D eigenvalue weighted by atomic mass is 35.5. The van der Waals surface area contributed by atoms with Gasteiger partial charge in [-0.15, -0.1) is 22.9 Å². The van der Waals surface area contributed by atoms with Crippen molar-refractivity contribution in [1.29, 1.82) is 0 Å². The van der Waals surface area contributed by atoms with Crippen molar-refractivity contribution in [3.8, 4) is 0 Å². The summed E-state index contributed by atoms with van der Waals surface area (Å²) in [7, 11) is 0. The molecule has 0 nitrogen and oxygen atoms in total. The van der Waals surface area contributed by atoms with Crippen molar-refractivity contribution in [2.75, 3.05) is 5.88 Å². The van der Waals surface area contributed by atoms with Crippen LogP contribution in [0.25, 0.3) is 6.08 Å². The van der Waals surface area contributed by atoms with Gasteiger partial charge in [-0.3, -0.25) is 0 Å². The summed E-state index contributed by atoms with van der Waals surface area (Å²) in [5.74, 6) is 1.18. The molecule has 0 aliphatic carbocycles. The van der Waals surface area contributed by atoms with E-state index in [1.54, 1.807) is 0 Å². The second-order valence-corrected chi connectivity index (χ2v) is 5.13. The summed E-state index contributed by atoms with van der Waals surface area (Å²) in [5, 5.41) is 0. The van der Waals surface area contributed by atoms with Gasteiger partial charge >= 0.3 is 0 Å². The number of hydrogen-bond acceptors (Lipinski definition) is 1. The molecule has 1 aromatic rings. The molecule has 0 amide bonds. The predicted molar refractivity (Wildman–Crippen MR) is 67.2 cm³/mol. The van der Waals surface area contributed by atoms with Crippen LogP contribution in [0.5, 0.6) is 0 Å². The van der Waals surface area contributed by atoms with Gasteiger partial charge in [-0.2, -0.15) is 0 Å². The largest absolute Gasteiger partial charge is 0.141 e. The standard InChI is InChI=1S/C12H17ClS/c1-4-11-5-6-12(14-11)7-10(8-13)9(2)3/h5-7,9H,4,8H2,1-3H3. The van der Waals surface area contributed by atoms with E-state index in [-0.39, 0.29) is 0 Å². The normalized spacial score (nSPS) is 12.5. The van der Waals surface area contributed by atoms with Gasteiger partial charge in [-0.25, -0.2) is 0 Å². The zero-order valence-electron chi connectivity index (χ0n) is 9.01. The molecule has 0 aliphatic heterocycles. The number of thiophene rings is 1. The molecule has 1 rings (SSSR count). The lowest BCUT2D eigenvalue weighted by molar-refractivity contribution is 0.778. The van der Waals surface area contributed by atoms with E-state index in [0.717, 1.165) is 6.42 Å². The Balaban J connectivity index is 2.83. The smallest absolute Gasteiger partial charge is 0.0439 e. The number of alkyl halides is 1. The molecule has 0 unspecified atom stereocenters. The molecule has 0 aromatic carbocycles. The molecule has 0 saturated carbocycles. The predicted octanol–water partition coefficient (Wildman–Crippen LogP) is 4.59. The van der Waals surface area contributed by atoms with Gasteiger partial charge < -0.3 is 0 Å². The Labute approximate surface area is 95.6 Å². The average molecular weight is 229 g/mol. The summed E-state index contributed by atoms with van der Waals surface area (Å²) in [5.41, 5.74) is 1.32. The second-order valence-electron chi connectivity index (χ2n) is 3.67. The number of hydrogen-bond donors (Lipinski definition) is 0. The molecular weight excluding hydrogens is 212 g/mol. The van der Waals surface area contributed by atoms with Crippen LogP contribution in [-0.4, -0.2) is 5.88 Å². The molecule has 0 spiro atoms. The van der Waals surface area contributed by atoms with Crippen molar-refractivity contribution in [2.45, 2.75) is 27.2 Å². The Morgan fingerprint density at radius 3 is 2.64 bits per heavy atom. The van der Waals surface area contributed by atoms with Crippen LogP contribution < -0.4 is 0 Å². The SMILES string of the molecule is CCc1ccc(C=C(CCl)C(C)C)s1. The first kappa shape index (κ1) is 11.8. The van der Waals surface area contributed by atoms with Gasteiger partial charge in [-0.05, 0) is 30.5 Å². The Morgan fingerprint density at radius 2 is 2.21 bits per heavy atom. The van der Waals surface area contributed by atoms with Crippen LogP contribution in [0.4, 0.5) is 0 Å². The van der Waals surface area contributed by atoms with Crippen LogP contribution in [-0.2, 0) is 6.42 Å². The third kappa shape index (κ3) is 3.14. The highest BCUT2D eigenvalue weighted by molar-refractivity contribution is 7.12. The quantitative estimate of drug-likeness (QED) is 0.662. The third-order valence-corrected chi connectivity index (χ3v) is 3.74. The van der Waals surface area contributed by atoms with Gasteiger partial charge in [-0.1, -0.05) is 26.3 Å². The number of aryl methyl sites for hydroxylation is 1. The number of allylic oxidation sites excluding steroid dienone is 1. The topological polar surface area (TPSA) is 0 Å². The van der Waals surface area contributed by atoms with Crippen LogP contribution in [0, 0.1) is 5.92 Å². The second kappa shape index (κ2) is 5.57. The molecular formula is C12H17ClS. The molecule has 78 valence electrons. The highest BCUT2D eigenvalue weighted by Crippen LogP contribution is 2.22. The first-order chi connectivity index (χ1) is 6.67. The molecule has 0 N–H and O–H groups in total. The molecule has 1 heterocycles. The van der Waals surface area contributed by atoms with Gasteiger partial charge in [0.1, 0.15) is 0 Å². The molecule has 14 heavy (non-hydrogen) atoms. The summed E-state index contributed by atoms with van der Waals surface area (Å²) in [4.78, 5) is 2.76. The van der Waals surface area contributed by atoms with Crippen LogP contribution >= 0.6 is 22.9 Å². The van der Waals surface area contributed by atoms with Crippen LogP contribution in [0.3, 0.4) is 0 Å². The minimum absolute atomic E-state index is 0.541. The van der Waals surface area contributed by atoms with Crippen LogP contribution in [0.2, 0.25) is 0 Å². The fraction of sp³-hybridized carbons (Fsp3) is 0.500.